The molecule has 5 heteroatoms. The zero-order chi connectivity index (χ0) is 20.9. The Balaban J connectivity index is 0.00000153. The molecule has 5 rings (SSSR count). The van der Waals surface area contributed by atoms with Crippen LogP contribution >= 0.6 is 24.8 Å². The molecule has 1 aliphatic carbocycles. The van der Waals surface area contributed by atoms with E-state index in [1.54, 1.807) is 0 Å². The number of anilines is 1. The van der Waals surface area contributed by atoms with Crippen LogP contribution in [0, 0.1) is 0 Å². The SMILES string of the molecule is Cl.Cl.c1ccc(C2CCc3ccc(OCCCN4CCN(c5ccccc5)CC4)cc32)cc1. The van der Waals surface area contributed by atoms with Crippen molar-refractivity contribution in [2.24, 2.45) is 0 Å². The van der Waals surface area contributed by atoms with Gasteiger partial charge in [-0.1, -0.05) is 54.6 Å². The number of ether oxygens (including phenoxy) is 1. The van der Waals surface area contributed by atoms with Crippen LogP contribution in [0.25, 0.3) is 0 Å². The molecule has 1 fully saturated rings. The molecule has 3 aromatic rings. The van der Waals surface area contributed by atoms with Crippen molar-refractivity contribution in [1.29, 1.82) is 0 Å². The number of fused-ring (bicyclic) bond motifs is 1. The van der Waals surface area contributed by atoms with Crippen molar-refractivity contribution >= 4 is 30.5 Å². The zero-order valence-electron chi connectivity index (χ0n) is 19.1. The summed E-state index contributed by atoms with van der Waals surface area (Å²) >= 11 is 0. The predicted octanol–water partition coefficient (Wildman–Crippen LogP) is 6.20. The highest BCUT2D eigenvalue weighted by Gasteiger charge is 2.24. The van der Waals surface area contributed by atoms with Gasteiger partial charge < -0.3 is 9.64 Å². The zero-order valence-corrected chi connectivity index (χ0v) is 20.7. The summed E-state index contributed by atoms with van der Waals surface area (Å²) in [5.74, 6) is 1.54. The molecular weight excluding hydrogens is 451 g/mol. The molecule has 0 aromatic heterocycles. The smallest absolute Gasteiger partial charge is 0.119 e. The highest BCUT2D eigenvalue weighted by Crippen LogP contribution is 2.39. The third-order valence-electron chi connectivity index (χ3n) is 6.78. The van der Waals surface area contributed by atoms with E-state index in [-0.39, 0.29) is 24.8 Å². The van der Waals surface area contributed by atoms with Gasteiger partial charge in [-0.05, 0) is 60.2 Å². The molecule has 1 heterocycles. The Kier molecular flexibility index (Phi) is 9.49. The van der Waals surface area contributed by atoms with Crippen molar-refractivity contribution < 1.29 is 4.74 Å². The Morgan fingerprint density at radius 2 is 1.48 bits per heavy atom. The minimum atomic E-state index is 0. The molecule has 1 unspecified atom stereocenters. The highest BCUT2D eigenvalue weighted by molar-refractivity contribution is 5.85. The Morgan fingerprint density at radius 3 is 2.21 bits per heavy atom. The van der Waals surface area contributed by atoms with Crippen LogP contribution in [0.5, 0.6) is 5.75 Å². The molecule has 1 saturated heterocycles. The largest absolute Gasteiger partial charge is 0.494 e. The third-order valence-corrected chi connectivity index (χ3v) is 6.78. The second-order valence-corrected chi connectivity index (χ2v) is 8.73. The maximum atomic E-state index is 6.16. The van der Waals surface area contributed by atoms with Gasteiger partial charge in [0.2, 0.25) is 0 Å². The average Bonchev–Trinajstić information content (AvgIpc) is 3.27. The van der Waals surface area contributed by atoms with Gasteiger partial charge in [-0.2, -0.15) is 0 Å². The summed E-state index contributed by atoms with van der Waals surface area (Å²) in [6.45, 7) is 6.38. The number of piperazine rings is 1. The normalized spacial score (nSPS) is 17.6. The average molecular weight is 485 g/mol. The molecule has 176 valence electrons. The highest BCUT2D eigenvalue weighted by atomic mass is 35.5. The molecular formula is C28H34Cl2N2O. The van der Waals surface area contributed by atoms with Crippen LogP contribution in [0.4, 0.5) is 5.69 Å². The molecule has 33 heavy (non-hydrogen) atoms. The van der Waals surface area contributed by atoms with Gasteiger partial charge in [-0.15, -0.1) is 24.8 Å². The van der Waals surface area contributed by atoms with Crippen LogP contribution in [-0.4, -0.2) is 44.2 Å². The maximum Gasteiger partial charge on any atom is 0.119 e. The Labute approximate surface area is 210 Å². The molecule has 2 aliphatic rings. The molecule has 0 N–H and O–H groups in total. The van der Waals surface area contributed by atoms with E-state index in [0.29, 0.717) is 5.92 Å². The van der Waals surface area contributed by atoms with Gasteiger partial charge >= 0.3 is 0 Å². The number of hydrogen-bond donors (Lipinski definition) is 0. The molecule has 1 aliphatic heterocycles. The van der Waals surface area contributed by atoms with E-state index >= 15 is 0 Å². The molecule has 0 bridgehead atoms. The summed E-state index contributed by atoms with van der Waals surface area (Å²) in [5.41, 5.74) is 5.71. The van der Waals surface area contributed by atoms with E-state index in [0.717, 1.165) is 51.5 Å². The molecule has 0 amide bonds. The Morgan fingerprint density at radius 1 is 0.788 bits per heavy atom. The van der Waals surface area contributed by atoms with Crippen molar-refractivity contribution in [2.75, 3.05) is 44.2 Å². The summed E-state index contributed by atoms with van der Waals surface area (Å²) < 4.78 is 6.16. The Bertz CT molecular complexity index is 976. The van der Waals surface area contributed by atoms with Gasteiger partial charge in [-0.3, -0.25) is 4.90 Å². The quantitative estimate of drug-likeness (QED) is 0.371. The Hall–Kier alpha value is -2.20. The second kappa shape index (κ2) is 12.3. The second-order valence-electron chi connectivity index (χ2n) is 8.73. The summed E-state index contributed by atoms with van der Waals surface area (Å²) in [6.07, 6.45) is 3.45. The minimum absolute atomic E-state index is 0. The van der Waals surface area contributed by atoms with Gasteiger partial charge in [0.05, 0.1) is 6.61 Å². The molecule has 3 aromatic carbocycles. The fraction of sp³-hybridized carbons (Fsp3) is 0.357. The van der Waals surface area contributed by atoms with Crippen LogP contribution in [0.1, 0.15) is 35.4 Å². The van der Waals surface area contributed by atoms with Gasteiger partial charge in [0.15, 0.2) is 0 Å². The van der Waals surface area contributed by atoms with Gasteiger partial charge in [-0.25, -0.2) is 0 Å². The van der Waals surface area contributed by atoms with Gasteiger partial charge in [0.25, 0.3) is 0 Å². The van der Waals surface area contributed by atoms with Crippen LogP contribution in [-0.2, 0) is 6.42 Å². The van der Waals surface area contributed by atoms with Crippen molar-refractivity contribution in [1.82, 2.24) is 4.90 Å². The molecule has 0 radical (unpaired) electrons. The van der Waals surface area contributed by atoms with Crippen LogP contribution in [0.2, 0.25) is 0 Å². The van der Waals surface area contributed by atoms with Crippen molar-refractivity contribution in [3.63, 3.8) is 0 Å². The molecule has 0 spiro atoms. The number of aryl methyl sites for hydroxylation is 1. The number of rotatable bonds is 7. The van der Waals surface area contributed by atoms with E-state index in [1.807, 2.05) is 0 Å². The first-order chi connectivity index (χ1) is 15.4. The standard InChI is InChI=1S/C28H32N2O.2ClH/c1-3-8-23(9-4-1)27-15-13-24-12-14-26(22-28(24)27)31-21-7-16-29-17-19-30(20-18-29)25-10-5-2-6-11-25;;/h1-6,8-12,14,22,27H,7,13,15-21H2;2*1H. The lowest BCUT2D eigenvalue weighted by Crippen LogP contribution is -2.46. The number of para-hydroxylation sites is 1. The first-order valence-corrected chi connectivity index (χ1v) is 11.7. The predicted molar refractivity (Wildman–Crippen MR) is 143 cm³/mol. The molecule has 3 nitrogen and oxygen atoms in total. The van der Waals surface area contributed by atoms with Crippen molar-refractivity contribution in [2.45, 2.75) is 25.2 Å². The van der Waals surface area contributed by atoms with Gasteiger partial charge in [0.1, 0.15) is 5.75 Å². The maximum absolute atomic E-state index is 6.16. The molecule has 1 atom stereocenters. The third kappa shape index (κ3) is 6.23. The van der Waals surface area contributed by atoms with E-state index < -0.39 is 0 Å². The monoisotopic (exact) mass is 484 g/mol. The lowest BCUT2D eigenvalue weighted by molar-refractivity contribution is 0.224. The molecule has 0 saturated carbocycles. The van der Waals surface area contributed by atoms with E-state index in [9.17, 15) is 0 Å². The summed E-state index contributed by atoms with van der Waals surface area (Å²) in [6, 6.07) is 28.4. The van der Waals surface area contributed by atoms with E-state index in [1.165, 1.54) is 35.2 Å². The van der Waals surface area contributed by atoms with Crippen molar-refractivity contribution in [3.8, 4) is 5.75 Å². The summed E-state index contributed by atoms with van der Waals surface area (Å²) in [4.78, 5) is 5.05. The first kappa shape index (κ1) is 25.4. The summed E-state index contributed by atoms with van der Waals surface area (Å²) in [5, 5.41) is 0. The van der Waals surface area contributed by atoms with Gasteiger partial charge in [0, 0.05) is 44.3 Å². The summed E-state index contributed by atoms with van der Waals surface area (Å²) in [7, 11) is 0. The van der Waals surface area contributed by atoms with Crippen LogP contribution < -0.4 is 9.64 Å². The number of halogens is 2. The number of hydrogen-bond acceptors (Lipinski definition) is 3. The fourth-order valence-electron chi connectivity index (χ4n) is 5.05. The number of nitrogens with zero attached hydrogens (tertiary/aromatic N) is 2. The number of benzene rings is 3. The van der Waals surface area contributed by atoms with Crippen LogP contribution in [0.15, 0.2) is 78.9 Å². The van der Waals surface area contributed by atoms with E-state index in [4.69, 9.17) is 4.74 Å². The topological polar surface area (TPSA) is 15.7 Å². The first-order valence-electron chi connectivity index (χ1n) is 11.7. The lowest BCUT2D eigenvalue weighted by atomic mass is 9.93. The van der Waals surface area contributed by atoms with E-state index in [2.05, 4.69) is 88.7 Å². The van der Waals surface area contributed by atoms with Crippen LogP contribution in [0.3, 0.4) is 0 Å². The lowest BCUT2D eigenvalue weighted by Gasteiger charge is -2.36. The minimum Gasteiger partial charge on any atom is -0.494 e. The fourth-order valence-corrected chi connectivity index (χ4v) is 5.05. The van der Waals surface area contributed by atoms with Crippen molar-refractivity contribution in [3.05, 3.63) is 95.6 Å².